The zero-order chi connectivity index (χ0) is 19.5. The molecule has 1 amide bonds. The van der Waals surface area contributed by atoms with Crippen molar-refractivity contribution in [1.29, 1.82) is 0 Å². The molecule has 144 valence electrons. The summed E-state index contributed by atoms with van der Waals surface area (Å²) in [7, 11) is 1.82. The Labute approximate surface area is 173 Å². The molecule has 28 heavy (non-hydrogen) atoms. The number of halogens is 1. The molecule has 1 aromatic heterocycles. The summed E-state index contributed by atoms with van der Waals surface area (Å²) < 4.78 is 8.29. The van der Waals surface area contributed by atoms with Crippen LogP contribution in [-0.4, -0.2) is 28.3 Å². The van der Waals surface area contributed by atoms with Gasteiger partial charge in [0.05, 0.1) is 30.9 Å². The van der Waals surface area contributed by atoms with Gasteiger partial charge < -0.3 is 14.2 Å². The highest BCUT2D eigenvalue weighted by molar-refractivity contribution is 8.00. The largest absolute Gasteiger partial charge is 0.367 e. The number of anilines is 1. The van der Waals surface area contributed by atoms with Gasteiger partial charge in [-0.1, -0.05) is 29.8 Å². The van der Waals surface area contributed by atoms with E-state index in [1.165, 1.54) is 0 Å². The van der Waals surface area contributed by atoms with Gasteiger partial charge in [0, 0.05) is 29.4 Å². The summed E-state index contributed by atoms with van der Waals surface area (Å²) >= 11 is 7.55. The first kappa shape index (κ1) is 19.1. The monoisotopic (exact) mass is 413 g/mol. The van der Waals surface area contributed by atoms with Gasteiger partial charge in [-0.25, -0.2) is 4.98 Å². The first-order chi connectivity index (χ1) is 13.6. The maximum atomic E-state index is 11.9. The van der Waals surface area contributed by atoms with E-state index >= 15 is 0 Å². The molecule has 5 nitrogen and oxygen atoms in total. The van der Waals surface area contributed by atoms with Crippen LogP contribution in [0.4, 0.5) is 5.69 Å². The lowest BCUT2D eigenvalue weighted by Gasteiger charge is -2.27. The molecule has 7 heteroatoms. The van der Waals surface area contributed by atoms with Gasteiger partial charge >= 0.3 is 0 Å². The van der Waals surface area contributed by atoms with Crippen LogP contribution in [0.1, 0.15) is 17.2 Å². The van der Waals surface area contributed by atoms with Crippen LogP contribution in [0, 0.1) is 0 Å². The Morgan fingerprint density at radius 1 is 1.25 bits per heavy atom. The van der Waals surface area contributed by atoms with Gasteiger partial charge in [0.2, 0.25) is 5.91 Å². The molecule has 0 spiro atoms. The van der Waals surface area contributed by atoms with E-state index < -0.39 is 0 Å². The van der Waals surface area contributed by atoms with Crippen molar-refractivity contribution in [3.63, 3.8) is 0 Å². The fourth-order valence-electron chi connectivity index (χ4n) is 3.11. The molecule has 0 saturated heterocycles. The standard InChI is InChI=1S/C21H20ClN3O2S/c1-24-18-7-4-16(10-20(18)28-13-21(24)26)19(11-25-9-8-23-14-25)27-12-15-2-5-17(22)6-3-15/h2-10,14,19H,11-13H2,1H3. The normalized spacial score (nSPS) is 14.8. The van der Waals surface area contributed by atoms with Crippen LogP contribution in [0.3, 0.4) is 0 Å². The van der Waals surface area contributed by atoms with Crippen LogP contribution < -0.4 is 4.90 Å². The van der Waals surface area contributed by atoms with Crippen LogP contribution in [0.2, 0.25) is 5.02 Å². The highest BCUT2D eigenvalue weighted by Crippen LogP contribution is 2.37. The quantitative estimate of drug-likeness (QED) is 0.594. The molecule has 2 heterocycles. The van der Waals surface area contributed by atoms with E-state index in [1.54, 1.807) is 29.2 Å². The third-order valence-corrected chi connectivity index (χ3v) is 6.02. The van der Waals surface area contributed by atoms with E-state index in [4.69, 9.17) is 16.3 Å². The molecule has 3 aromatic rings. The molecule has 0 N–H and O–H groups in total. The third-order valence-electron chi connectivity index (χ3n) is 4.74. The lowest BCUT2D eigenvalue weighted by molar-refractivity contribution is -0.116. The Hall–Kier alpha value is -2.28. The van der Waals surface area contributed by atoms with E-state index in [2.05, 4.69) is 11.1 Å². The minimum atomic E-state index is -0.140. The molecule has 2 aromatic carbocycles. The predicted molar refractivity (Wildman–Crippen MR) is 112 cm³/mol. The Bertz CT molecular complexity index is 960. The van der Waals surface area contributed by atoms with E-state index in [-0.39, 0.29) is 12.0 Å². The summed E-state index contributed by atoms with van der Waals surface area (Å²) in [4.78, 5) is 18.9. The zero-order valence-electron chi connectivity index (χ0n) is 15.4. The number of hydrogen-bond acceptors (Lipinski definition) is 4. The van der Waals surface area contributed by atoms with E-state index in [9.17, 15) is 4.79 Å². The molecule has 0 bridgehead atoms. The van der Waals surface area contributed by atoms with Crippen molar-refractivity contribution in [3.05, 3.63) is 77.3 Å². The van der Waals surface area contributed by atoms with Gasteiger partial charge in [-0.3, -0.25) is 4.79 Å². The lowest BCUT2D eigenvalue weighted by Crippen LogP contribution is -2.31. The Morgan fingerprint density at radius 3 is 2.82 bits per heavy atom. The number of benzene rings is 2. The number of aromatic nitrogens is 2. The maximum absolute atomic E-state index is 11.9. The third kappa shape index (κ3) is 4.24. The molecule has 1 unspecified atom stereocenters. The Kier molecular flexibility index (Phi) is 5.71. The molecule has 1 aliphatic rings. The summed E-state index contributed by atoms with van der Waals surface area (Å²) in [5.74, 6) is 0.587. The number of nitrogens with zero attached hydrogens (tertiary/aromatic N) is 3. The molecular weight excluding hydrogens is 394 g/mol. The van der Waals surface area contributed by atoms with Gasteiger partial charge in [-0.05, 0) is 35.4 Å². The maximum Gasteiger partial charge on any atom is 0.237 e. The van der Waals surface area contributed by atoms with Crippen LogP contribution in [-0.2, 0) is 22.7 Å². The van der Waals surface area contributed by atoms with E-state index in [1.807, 2.05) is 54.2 Å². The number of hydrogen-bond donors (Lipinski definition) is 0. The van der Waals surface area contributed by atoms with Gasteiger partial charge in [0.25, 0.3) is 0 Å². The summed E-state index contributed by atoms with van der Waals surface area (Å²) in [6.45, 7) is 1.14. The number of carbonyl (C=O) groups excluding carboxylic acids is 1. The van der Waals surface area contributed by atoms with Crippen molar-refractivity contribution < 1.29 is 9.53 Å². The van der Waals surface area contributed by atoms with Gasteiger partial charge in [0.1, 0.15) is 6.10 Å². The average Bonchev–Trinajstić information content (AvgIpc) is 3.22. The fourth-order valence-corrected chi connectivity index (χ4v) is 4.28. The molecule has 0 saturated carbocycles. The number of imidazole rings is 1. The van der Waals surface area contributed by atoms with Crippen molar-refractivity contribution in [2.75, 3.05) is 17.7 Å². The summed E-state index contributed by atoms with van der Waals surface area (Å²) in [5, 5.41) is 0.712. The van der Waals surface area contributed by atoms with Crippen LogP contribution >= 0.6 is 23.4 Å². The van der Waals surface area contributed by atoms with Crippen molar-refractivity contribution in [2.45, 2.75) is 24.2 Å². The summed E-state index contributed by atoms with van der Waals surface area (Å²) in [5.41, 5.74) is 3.10. The van der Waals surface area contributed by atoms with Gasteiger partial charge in [-0.15, -0.1) is 11.8 Å². The van der Waals surface area contributed by atoms with Crippen molar-refractivity contribution in [2.24, 2.45) is 0 Å². The predicted octanol–water partition coefficient (Wildman–Crippen LogP) is 4.56. The molecular formula is C21H20ClN3O2S. The van der Waals surface area contributed by atoms with Gasteiger partial charge in [0.15, 0.2) is 0 Å². The highest BCUT2D eigenvalue weighted by Gasteiger charge is 2.23. The summed E-state index contributed by atoms with van der Waals surface area (Å²) in [6, 6.07) is 13.9. The minimum Gasteiger partial charge on any atom is -0.367 e. The van der Waals surface area contributed by atoms with Crippen LogP contribution in [0.15, 0.2) is 66.1 Å². The topological polar surface area (TPSA) is 47.4 Å². The highest BCUT2D eigenvalue weighted by atomic mass is 35.5. The van der Waals surface area contributed by atoms with Crippen molar-refractivity contribution >= 4 is 35.0 Å². The van der Waals surface area contributed by atoms with E-state index in [0.29, 0.717) is 23.9 Å². The Balaban J connectivity index is 1.57. The van der Waals surface area contributed by atoms with E-state index in [0.717, 1.165) is 21.7 Å². The number of rotatable bonds is 6. The van der Waals surface area contributed by atoms with Crippen molar-refractivity contribution in [1.82, 2.24) is 9.55 Å². The minimum absolute atomic E-state index is 0.124. The smallest absolute Gasteiger partial charge is 0.237 e. The van der Waals surface area contributed by atoms with Crippen LogP contribution in [0.25, 0.3) is 0 Å². The molecule has 0 fully saturated rings. The number of ether oxygens (including phenoxy) is 1. The van der Waals surface area contributed by atoms with Gasteiger partial charge in [-0.2, -0.15) is 0 Å². The number of thioether (sulfide) groups is 1. The molecule has 0 radical (unpaired) electrons. The zero-order valence-corrected chi connectivity index (χ0v) is 17.0. The number of fused-ring (bicyclic) bond motifs is 1. The number of carbonyl (C=O) groups is 1. The second-order valence-corrected chi connectivity index (χ2v) is 8.11. The number of amides is 1. The lowest BCUT2D eigenvalue weighted by atomic mass is 10.1. The average molecular weight is 414 g/mol. The fraction of sp³-hybridized carbons (Fsp3) is 0.238. The Morgan fingerprint density at radius 2 is 2.07 bits per heavy atom. The molecule has 0 aliphatic carbocycles. The molecule has 4 rings (SSSR count). The van der Waals surface area contributed by atoms with Crippen molar-refractivity contribution in [3.8, 4) is 0 Å². The SMILES string of the molecule is CN1C(=O)CSc2cc(C(Cn3ccnc3)OCc3ccc(Cl)cc3)ccc21. The second kappa shape index (κ2) is 8.39. The molecule has 1 atom stereocenters. The van der Waals surface area contributed by atoms with Crippen LogP contribution in [0.5, 0.6) is 0 Å². The first-order valence-corrected chi connectivity index (χ1v) is 10.3. The summed E-state index contributed by atoms with van der Waals surface area (Å²) in [6.07, 6.45) is 5.34. The second-order valence-electron chi connectivity index (χ2n) is 6.65. The molecule has 1 aliphatic heterocycles. The first-order valence-electron chi connectivity index (χ1n) is 8.95.